The normalized spacial score (nSPS) is 16.0. The Balaban J connectivity index is 1.55. The summed E-state index contributed by atoms with van der Waals surface area (Å²) in [5.74, 6) is -0.951. The van der Waals surface area contributed by atoms with Crippen molar-refractivity contribution in [1.82, 2.24) is 10.2 Å². The minimum absolute atomic E-state index is 0.118. The van der Waals surface area contributed by atoms with Crippen LogP contribution in [0.2, 0.25) is 0 Å². The first kappa shape index (κ1) is 15.5. The van der Waals surface area contributed by atoms with Crippen LogP contribution in [0.1, 0.15) is 17.9 Å². The lowest BCUT2D eigenvalue weighted by Crippen LogP contribution is -2.30. The quantitative estimate of drug-likeness (QED) is 0.759. The van der Waals surface area contributed by atoms with Gasteiger partial charge in [0, 0.05) is 17.7 Å². The third-order valence-electron chi connectivity index (χ3n) is 3.99. The number of nitrogens with one attached hydrogen (secondary N) is 2. The van der Waals surface area contributed by atoms with E-state index in [-0.39, 0.29) is 18.2 Å². The lowest BCUT2D eigenvalue weighted by Gasteiger charge is -2.24. The van der Waals surface area contributed by atoms with E-state index in [0.717, 1.165) is 16.1 Å². The van der Waals surface area contributed by atoms with Crippen molar-refractivity contribution in [3.8, 4) is 10.6 Å². The molecule has 0 saturated heterocycles. The van der Waals surface area contributed by atoms with Crippen LogP contribution in [0.5, 0.6) is 0 Å². The first-order valence-corrected chi connectivity index (χ1v) is 8.61. The van der Waals surface area contributed by atoms with Gasteiger partial charge in [0.05, 0.1) is 5.92 Å². The van der Waals surface area contributed by atoms with E-state index in [9.17, 15) is 9.59 Å². The second-order valence-electron chi connectivity index (χ2n) is 5.66. The van der Waals surface area contributed by atoms with E-state index in [4.69, 9.17) is 0 Å². The number of aromatic nitrogens is 2. The molecule has 0 saturated carbocycles. The van der Waals surface area contributed by atoms with Crippen LogP contribution in [0.3, 0.4) is 0 Å². The van der Waals surface area contributed by atoms with Gasteiger partial charge in [-0.2, -0.15) is 0 Å². The predicted molar refractivity (Wildman–Crippen MR) is 96.4 cm³/mol. The number of carbonyl (C=O) groups is 2. The largest absolute Gasteiger partial charge is 0.326 e. The van der Waals surface area contributed by atoms with Crippen LogP contribution in [0, 0.1) is 0 Å². The molecule has 124 valence electrons. The van der Waals surface area contributed by atoms with Crippen molar-refractivity contribution in [1.29, 1.82) is 0 Å². The molecule has 1 aliphatic heterocycles. The standard InChI is InChI=1S/C18H14N4O2S/c23-15-10-13(12-8-4-5-9-14(12)19-15)16(24)20-18-22-21-17(25-18)11-6-2-1-3-7-11/h1-9,13H,10H2,(H,19,23)(H,20,22,24). The van der Waals surface area contributed by atoms with Crippen molar-refractivity contribution >= 4 is 34.0 Å². The summed E-state index contributed by atoms with van der Waals surface area (Å²) in [5, 5.41) is 14.9. The number of carbonyl (C=O) groups excluding carboxylic acids is 2. The zero-order chi connectivity index (χ0) is 17.2. The zero-order valence-corrected chi connectivity index (χ0v) is 13.9. The first-order valence-electron chi connectivity index (χ1n) is 7.79. The summed E-state index contributed by atoms with van der Waals surface area (Å²) in [4.78, 5) is 24.5. The van der Waals surface area contributed by atoms with Gasteiger partial charge in [-0.15, -0.1) is 10.2 Å². The Morgan fingerprint density at radius 1 is 1.08 bits per heavy atom. The molecule has 0 radical (unpaired) electrons. The number of anilines is 2. The molecule has 4 rings (SSSR count). The van der Waals surface area contributed by atoms with Gasteiger partial charge in [0.15, 0.2) is 0 Å². The van der Waals surface area contributed by atoms with Gasteiger partial charge in [0.1, 0.15) is 5.01 Å². The van der Waals surface area contributed by atoms with Crippen molar-refractivity contribution in [3.05, 3.63) is 60.2 Å². The van der Waals surface area contributed by atoms with Crippen molar-refractivity contribution in [3.63, 3.8) is 0 Å². The first-order chi connectivity index (χ1) is 12.2. The molecule has 6 nitrogen and oxygen atoms in total. The number of para-hydroxylation sites is 1. The van der Waals surface area contributed by atoms with Crippen LogP contribution in [-0.4, -0.2) is 22.0 Å². The molecule has 0 spiro atoms. The summed E-state index contributed by atoms with van der Waals surface area (Å²) in [6.07, 6.45) is 0.118. The molecule has 2 N–H and O–H groups in total. The second kappa shape index (κ2) is 6.45. The molecule has 0 fully saturated rings. The summed E-state index contributed by atoms with van der Waals surface area (Å²) < 4.78 is 0. The molecular weight excluding hydrogens is 336 g/mol. The molecule has 0 aliphatic carbocycles. The molecule has 2 amide bonds. The van der Waals surface area contributed by atoms with Crippen LogP contribution in [0.15, 0.2) is 54.6 Å². The molecule has 1 atom stereocenters. The van der Waals surface area contributed by atoms with E-state index in [1.807, 2.05) is 48.5 Å². The lowest BCUT2D eigenvalue weighted by atomic mass is 9.90. The molecule has 25 heavy (non-hydrogen) atoms. The average Bonchev–Trinajstić information content (AvgIpc) is 3.10. The molecule has 7 heteroatoms. The number of benzene rings is 2. The number of amides is 2. The highest BCUT2D eigenvalue weighted by molar-refractivity contribution is 7.18. The van der Waals surface area contributed by atoms with E-state index in [0.29, 0.717) is 10.8 Å². The second-order valence-corrected chi connectivity index (χ2v) is 6.64. The molecule has 2 heterocycles. The zero-order valence-electron chi connectivity index (χ0n) is 13.1. The number of nitrogens with zero attached hydrogens (tertiary/aromatic N) is 2. The lowest BCUT2D eigenvalue weighted by molar-refractivity contribution is -0.123. The highest BCUT2D eigenvalue weighted by Crippen LogP contribution is 2.33. The van der Waals surface area contributed by atoms with E-state index in [1.54, 1.807) is 6.07 Å². The number of hydrogen-bond donors (Lipinski definition) is 2. The van der Waals surface area contributed by atoms with Gasteiger partial charge < -0.3 is 5.32 Å². The Kier molecular flexibility index (Phi) is 3.99. The van der Waals surface area contributed by atoms with Crippen molar-refractivity contribution in [2.75, 3.05) is 10.6 Å². The van der Waals surface area contributed by atoms with Crippen molar-refractivity contribution < 1.29 is 9.59 Å². The number of fused-ring (bicyclic) bond motifs is 1. The van der Waals surface area contributed by atoms with Gasteiger partial charge in [0.2, 0.25) is 16.9 Å². The Morgan fingerprint density at radius 2 is 1.84 bits per heavy atom. The topological polar surface area (TPSA) is 84.0 Å². The highest BCUT2D eigenvalue weighted by atomic mass is 32.1. The monoisotopic (exact) mass is 350 g/mol. The van der Waals surface area contributed by atoms with Crippen LogP contribution in [-0.2, 0) is 9.59 Å². The third kappa shape index (κ3) is 3.14. The Bertz CT molecular complexity index is 939. The van der Waals surface area contributed by atoms with Gasteiger partial charge in [-0.3, -0.25) is 14.9 Å². The van der Waals surface area contributed by atoms with Gasteiger partial charge in [-0.1, -0.05) is 59.9 Å². The smallest absolute Gasteiger partial charge is 0.234 e. The minimum Gasteiger partial charge on any atom is -0.326 e. The van der Waals surface area contributed by atoms with Crippen LogP contribution < -0.4 is 10.6 Å². The third-order valence-corrected chi connectivity index (χ3v) is 4.88. The Labute approximate surface area is 147 Å². The van der Waals surface area contributed by atoms with Crippen molar-refractivity contribution in [2.45, 2.75) is 12.3 Å². The van der Waals surface area contributed by atoms with Crippen molar-refractivity contribution in [2.24, 2.45) is 0 Å². The number of rotatable bonds is 3. The van der Waals surface area contributed by atoms with Gasteiger partial charge in [-0.25, -0.2) is 0 Å². The van der Waals surface area contributed by atoms with Gasteiger partial charge in [-0.05, 0) is 11.6 Å². The fourth-order valence-electron chi connectivity index (χ4n) is 2.81. The molecule has 1 aromatic heterocycles. The summed E-state index contributed by atoms with van der Waals surface area (Å²) >= 11 is 1.31. The molecule has 1 unspecified atom stereocenters. The SMILES string of the molecule is O=C1CC(C(=O)Nc2nnc(-c3ccccc3)s2)c2ccccc2N1. The Morgan fingerprint density at radius 3 is 2.68 bits per heavy atom. The molecule has 2 aromatic carbocycles. The summed E-state index contributed by atoms with van der Waals surface area (Å²) in [5.41, 5.74) is 2.44. The molecule has 0 bridgehead atoms. The summed E-state index contributed by atoms with van der Waals surface area (Å²) in [6, 6.07) is 17.0. The average molecular weight is 350 g/mol. The van der Waals surface area contributed by atoms with Crippen LogP contribution in [0.25, 0.3) is 10.6 Å². The number of hydrogen-bond acceptors (Lipinski definition) is 5. The Hall–Kier alpha value is -3.06. The summed E-state index contributed by atoms with van der Waals surface area (Å²) in [7, 11) is 0. The van der Waals surface area contributed by atoms with Crippen LogP contribution in [0.4, 0.5) is 10.8 Å². The fourth-order valence-corrected chi connectivity index (χ4v) is 3.56. The highest BCUT2D eigenvalue weighted by Gasteiger charge is 2.30. The molecule has 3 aromatic rings. The molecule has 1 aliphatic rings. The van der Waals surface area contributed by atoms with Crippen LogP contribution >= 0.6 is 11.3 Å². The predicted octanol–water partition coefficient (Wildman–Crippen LogP) is 3.27. The maximum Gasteiger partial charge on any atom is 0.234 e. The maximum absolute atomic E-state index is 12.7. The van der Waals surface area contributed by atoms with Gasteiger partial charge in [0.25, 0.3) is 0 Å². The molecular formula is C18H14N4O2S. The maximum atomic E-state index is 12.7. The van der Waals surface area contributed by atoms with E-state index in [1.165, 1.54) is 11.3 Å². The summed E-state index contributed by atoms with van der Waals surface area (Å²) in [6.45, 7) is 0. The van der Waals surface area contributed by atoms with E-state index in [2.05, 4.69) is 20.8 Å². The fraction of sp³-hybridized carbons (Fsp3) is 0.111. The van der Waals surface area contributed by atoms with E-state index < -0.39 is 5.92 Å². The minimum atomic E-state index is -0.533. The van der Waals surface area contributed by atoms with Gasteiger partial charge >= 0.3 is 0 Å². The van der Waals surface area contributed by atoms with E-state index >= 15 is 0 Å².